The number of anilines is 6. The van der Waals surface area contributed by atoms with Gasteiger partial charge in [0.25, 0.3) is 0 Å². The standard InChI is InChI=1S/C53H50BN2P3/c1-32-24-35-26-33-28-45(55-41-16-8-12-20-47(41)58-48-21-13-9-17-42(48)55)37(52(2,3)4)30-39(33)54-40-31-38(53(5,6)7)46(29-34(40)27-36(25-32)51(35)54)56-43-18-10-14-22-49(43)59(57)50-23-15-11-19-44(50)56/h8-25,28-31,58H,26-27,57H2,1-7H3. The number of hydrogen-bond donors (Lipinski definition) is 0. The van der Waals surface area contributed by atoms with E-state index < -0.39 is 7.61 Å². The third kappa shape index (κ3) is 5.87. The molecule has 0 radical (unpaired) electrons. The van der Waals surface area contributed by atoms with Crippen molar-refractivity contribution in [3.8, 4) is 0 Å². The van der Waals surface area contributed by atoms with Crippen molar-refractivity contribution < 1.29 is 0 Å². The first kappa shape index (κ1) is 37.5. The number of para-hydroxylation sites is 4. The monoisotopic (exact) mass is 818 g/mol. The highest BCUT2D eigenvalue weighted by molar-refractivity contribution is 8.21. The van der Waals surface area contributed by atoms with E-state index in [1.807, 2.05) is 0 Å². The summed E-state index contributed by atoms with van der Waals surface area (Å²) in [4.78, 5) is 5.19. The fourth-order valence-corrected chi connectivity index (χ4v) is 14.7. The van der Waals surface area contributed by atoms with E-state index in [2.05, 4.69) is 201 Å². The van der Waals surface area contributed by atoms with Gasteiger partial charge >= 0.3 is 0 Å². The van der Waals surface area contributed by atoms with Gasteiger partial charge in [0.05, 0.1) is 34.1 Å². The molecule has 59 heavy (non-hydrogen) atoms. The molecule has 6 heteroatoms. The Balaban J connectivity index is 1.16. The average molecular weight is 819 g/mol. The average Bonchev–Trinajstić information content (AvgIpc) is 3.21. The predicted molar refractivity (Wildman–Crippen MR) is 265 cm³/mol. The van der Waals surface area contributed by atoms with E-state index in [-0.39, 0.29) is 17.5 Å². The smallest absolute Gasteiger partial charge is 0.242 e. The first-order chi connectivity index (χ1) is 28.3. The third-order valence-corrected chi connectivity index (χ3v) is 18.0. The molecule has 0 aromatic heterocycles. The molecular formula is C53H50BN2P3. The molecule has 0 saturated carbocycles. The molecule has 0 fully saturated rings. The summed E-state index contributed by atoms with van der Waals surface area (Å²) < 4.78 is 0. The van der Waals surface area contributed by atoms with Crippen LogP contribution in [-0.2, 0) is 23.7 Å². The van der Waals surface area contributed by atoms with Crippen molar-refractivity contribution in [1.82, 2.24) is 0 Å². The lowest BCUT2D eigenvalue weighted by Crippen LogP contribution is -2.61. The van der Waals surface area contributed by atoms with Crippen molar-refractivity contribution in [2.24, 2.45) is 0 Å². The van der Waals surface area contributed by atoms with Gasteiger partial charge in [-0.05, 0) is 108 Å². The molecule has 1 atom stereocenters. The summed E-state index contributed by atoms with van der Waals surface area (Å²) in [6, 6.07) is 51.8. The summed E-state index contributed by atoms with van der Waals surface area (Å²) in [5, 5.41) is 5.66. The molecule has 4 heterocycles. The van der Waals surface area contributed by atoms with Gasteiger partial charge in [-0.1, -0.05) is 169 Å². The zero-order chi connectivity index (χ0) is 40.5. The van der Waals surface area contributed by atoms with Crippen molar-refractivity contribution in [2.75, 3.05) is 9.80 Å². The lowest BCUT2D eigenvalue weighted by atomic mass is 9.30. The van der Waals surface area contributed by atoms with Crippen LogP contribution < -0.4 is 47.4 Å². The van der Waals surface area contributed by atoms with Gasteiger partial charge in [-0.25, -0.2) is 0 Å². The van der Waals surface area contributed by atoms with Crippen LogP contribution in [0, 0.1) is 6.92 Å². The SMILES string of the molecule is Cc1cc2c3c(c1)Cc1cc(N4c5ccccc5P(P)c5ccccc54)c(C(C)(C)C)cc1B3c1cc(C(C)(C)C)c(N3c4ccccc4Pc4ccccc43)cc1C2. The van der Waals surface area contributed by atoms with Crippen LogP contribution >= 0.6 is 25.1 Å². The summed E-state index contributed by atoms with van der Waals surface area (Å²) in [7, 11) is 3.32. The second kappa shape index (κ2) is 13.5. The van der Waals surface area contributed by atoms with Crippen molar-refractivity contribution in [1.29, 1.82) is 0 Å². The van der Waals surface area contributed by atoms with Crippen LogP contribution in [0.25, 0.3) is 0 Å². The maximum absolute atomic E-state index is 3.21. The Morgan fingerprint density at radius 3 is 1.37 bits per heavy atom. The number of fused-ring (bicyclic) bond motifs is 8. The minimum absolute atomic E-state index is 0.0890. The summed E-state index contributed by atoms with van der Waals surface area (Å²) in [5.41, 5.74) is 22.2. The molecule has 7 aromatic carbocycles. The predicted octanol–water partition coefficient (Wildman–Crippen LogP) is 10.3. The normalized spacial score (nSPS) is 15.1. The van der Waals surface area contributed by atoms with Gasteiger partial charge in [0.1, 0.15) is 0 Å². The van der Waals surface area contributed by atoms with E-state index in [0.717, 1.165) is 12.8 Å². The molecule has 290 valence electrons. The highest BCUT2D eigenvalue weighted by Gasteiger charge is 2.42. The van der Waals surface area contributed by atoms with E-state index in [0.29, 0.717) is 8.58 Å². The molecule has 4 aliphatic rings. The molecule has 0 bridgehead atoms. The van der Waals surface area contributed by atoms with Gasteiger partial charge in [0, 0.05) is 21.2 Å². The van der Waals surface area contributed by atoms with Crippen LogP contribution in [0.2, 0.25) is 0 Å². The highest BCUT2D eigenvalue weighted by Crippen LogP contribution is 2.55. The minimum atomic E-state index is -0.538. The molecule has 7 aromatic rings. The Labute approximate surface area is 356 Å². The van der Waals surface area contributed by atoms with Gasteiger partial charge in [0.15, 0.2) is 0 Å². The number of aryl methyl sites for hydroxylation is 1. The molecule has 0 spiro atoms. The molecule has 4 aliphatic heterocycles. The highest BCUT2D eigenvalue weighted by atomic mass is 32.0. The Morgan fingerprint density at radius 1 is 0.508 bits per heavy atom. The lowest BCUT2D eigenvalue weighted by Gasteiger charge is -2.42. The van der Waals surface area contributed by atoms with E-state index in [4.69, 9.17) is 0 Å². The second-order valence-electron chi connectivity index (χ2n) is 19.1. The Morgan fingerprint density at radius 2 is 0.915 bits per heavy atom. The number of hydrogen-bond acceptors (Lipinski definition) is 2. The van der Waals surface area contributed by atoms with E-state index >= 15 is 0 Å². The first-order valence-corrected chi connectivity index (χ1v) is 25.1. The van der Waals surface area contributed by atoms with Gasteiger partial charge in [-0.15, -0.1) is 8.93 Å². The maximum atomic E-state index is 3.21. The molecule has 1 unspecified atom stereocenters. The van der Waals surface area contributed by atoms with E-state index in [1.165, 1.54) is 105 Å². The molecule has 2 nitrogen and oxygen atoms in total. The molecule has 0 saturated heterocycles. The second-order valence-corrected chi connectivity index (χ2v) is 23.7. The van der Waals surface area contributed by atoms with Crippen LogP contribution in [0.5, 0.6) is 0 Å². The van der Waals surface area contributed by atoms with Crippen molar-refractivity contribution in [3.63, 3.8) is 0 Å². The van der Waals surface area contributed by atoms with Gasteiger partial charge < -0.3 is 9.80 Å². The zero-order valence-electron chi connectivity index (χ0n) is 35.1. The number of nitrogens with zero attached hydrogens (tertiary/aromatic N) is 2. The molecular weight excluding hydrogens is 768 g/mol. The van der Waals surface area contributed by atoms with E-state index in [1.54, 1.807) is 5.46 Å². The zero-order valence-corrected chi connectivity index (χ0v) is 38.2. The molecule has 0 aliphatic carbocycles. The topological polar surface area (TPSA) is 6.48 Å². The molecule has 11 rings (SSSR count). The summed E-state index contributed by atoms with van der Waals surface area (Å²) >= 11 is 0. The van der Waals surface area contributed by atoms with Crippen molar-refractivity contribution >= 4 is 104 Å². The van der Waals surface area contributed by atoms with Crippen molar-refractivity contribution in [2.45, 2.75) is 72.1 Å². The number of benzene rings is 7. The molecule has 0 amide bonds. The molecule has 0 N–H and O–H groups in total. The quantitative estimate of drug-likeness (QED) is 0.127. The Bertz CT molecular complexity index is 2810. The lowest BCUT2D eigenvalue weighted by molar-refractivity contribution is 0.591. The van der Waals surface area contributed by atoms with Gasteiger partial charge in [0.2, 0.25) is 6.71 Å². The maximum Gasteiger partial charge on any atom is 0.242 e. The largest absolute Gasteiger partial charge is 0.309 e. The minimum Gasteiger partial charge on any atom is -0.309 e. The number of rotatable bonds is 2. The fourth-order valence-electron chi connectivity index (χ4n) is 10.5. The Hall–Kier alpha value is -4.51. The van der Waals surface area contributed by atoms with Crippen LogP contribution in [0.1, 0.15) is 80.5 Å². The third-order valence-electron chi connectivity index (χ3n) is 13.1. The van der Waals surface area contributed by atoms with Gasteiger partial charge in [-0.3, -0.25) is 0 Å². The Kier molecular flexibility index (Phi) is 8.58. The summed E-state index contributed by atoms with van der Waals surface area (Å²) in [6.45, 7) is 16.9. The van der Waals surface area contributed by atoms with Gasteiger partial charge in [-0.2, -0.15) is 0 Å². The van der Waals surface area contributed by atoms with E-state index in [9.17, 15) is 0 Å². The van der Waals surface area contributed by atoms with Crippen LogP contribution in [-0.4, -0.2) is 6.71 Å². The fraction of sp³-hybridized carbons (Fsp3) is 0.208. The van der Waals surface area contributed by atoms with Crippen LogP contribution in [0.4, 0.5) is 34.1 Å². The summed E-state index contributed by atoms with van der Waals surface area (Å²) in [5.74, 6) is 0. The van der Waals surface area contributed by atoms with Crippen LogP contribution in [0.15, 0.2) is 133 Å². The van der Waals surface area contributed by atoms with Crippen molar-refractivity contribution in [3.05, 3.63) is 172 Å². The first-order valence-electron chi connectivity index (χ1n) is 21.1. The van der Waals surface area contributed by atoms with Crippen LogP contribution in [0.3, 0.4) is 0 Å². The summed E-state index contributed by atoms with van der Waals surface area (Å²) in [6.07, 6.45) is 1.90.